The van der Waals surface area contributed by atoms with Crippen molar-refractivity contribution in [2.45, 2.75) is 49.2 Å². The maximum Gasteiger partial charge on any atom is 0.229 e. The van der Waals surface area contributed by atoms with Gasteiger partial charge in [-0.3, -0.25) is 0 Å². The SMILES string of the molecule is COc1nc(C(C)C)c(Sc2cnc(N)nc2N)cc1C#C[Si](C)(C)C. The number of hydrogen-bond donors (Lipinski definition) is 2. The zero-order valence-corrected chi connectivity index (χ0v) is 17.9. The van der Waals surface area contributed by atoms with Crippen molar-refractivity contribution in [3.63, 3.8) is 0 Å². The summed E-state index contributed by atoms with van der Waals surface area (Å²) in [6.45, 7) is 10.8. The Bertz CT molecular complexity index is 868. The molecule has 0 unspecified atom stereocenters. The van der Waals surface area contributed by atoms with Crippen molar-refractivity contribution in [2.75, 3.05) is 18.6 Å². The van der Waals surface area contributed by atoms with Gasteiger partial charge in [-0.1, -0.05) is 51.2 Å². The summed E-state index contributed by atoms with van der Waals surface area (Å²) < 4.78 is 5.47. The van der Waals surface area contributed by atoms with E-state index in [1.54, 1.807) is 13.3 Å². The van der Waals surface area contributed by atoms with Crippen LogP contribution in [-0.2, 0) is 0 Å². The molecule has 0 atom stereocenters. The maximum atomic E-state index is 5.99. The Morgan fingerprint density at radius 1 is 1.15 bits per heavy atom. The molecule has 0 aliphatic heterocycles. The zero-order chi connectivity index (χ0) is 19.5. The van der Waals surface area contributed by atoms with Crippen LogP contribution in [0.3, 0.4) is 0 Å². The van der Waals surface area contributed by atoms with Crippen molar-refractivity contribution in [3.05, 3.63) is 23.5 Å². The molecule has 2 aromatic rings. The number of hydrogen-bond acceptors (Lipinski definition) is 7. The number of nitrogens with two attached hydrogens (primary N) is 2. The fraction of sp³-hybridized carbons (Fsp3) is 0.389. The molecule has 26 heavy (non-hydrogen) atoms. The minimum absolute atomic E-state index is 0.158. The van der Waals surface area contributed by atoms with Crippen LogP contribution in [0.15, 0.2) is 22.1 Å². The van der Waals surface area contributed by atoms with Gasteiger partial charge in [-0.05, 0) is 12.0 Å². The number of nitrogen functional groups attached to an aromatic ring is 2. The van der Waals surface area contributed by atoms with E-state index in [4.69, 9.17) is 21.2 Å². The van der Waals surface area contributed by atoms with Crippen LogP contribution in [-0.4, -0.2) is 30.1 Å². The summed E-state index contributed by atoms with van der Waals surface area (Å²) in [5, 5.41) is 0. The Balaban J connectivity index is 2.56. The first kappa shape index (κ1) is 20.1. The van der Waals surface area contributed by atoms with Gasteiger partial charge in [-0.15, -0.1) is 5.54 Å². The van der Waals surface area contributed by atoms with Crippen LogP contribution in [0.5, 0.6) is 5.88 Å². The number of nitrogens with zero attached hydrogens (tertiary/aromatic N) is 3. The minimum Gasteiger partial charge on any atom is -0.480 e. The number of pyridine rings is 1. The summed E-state index contributed by atoms with van der Waals surface area (Å²) in [7, 11) is 0.0928. The lowest BCUT2D eigenvalue weighted by molar-refractivity contribution is 0.393. The highest BCUT2D eigenvalue weighted by molar-refractivity contribution is 7.99. The second-order valence-corrected chi connectivity index (χ2v) is 13.0. The zero-order valence-electron chi connectivity index (χ0n) is 16.0. The van der Waals surface area contributed by atoms with Crippen LogP contribution in [0.4, 0.5) is 11.8 Å². The van der Waals surface area contributed by atoms with E-state index >= 15 is 0 Å². The van der Waals surface area contributed by atoms with Gasteiger partial charge in [0, 0.05) is 11.1 Å². The van der Waals surface area contributed by atoms with Crippen LogP contribution in [0, 0.1) is 11.5 Å². The summed E-state index contributed by atoms with van der Waals surface area (Å²) in [6.07, 6.45) is 1.63. The Morgan fingerprint density at radius 3 is 2.38 bits per heavy atom. The molecule has 4 N–H and O–H groups in total. The van der Waals surface area contributed by atoms with Crippen molar-refractivity contribution < 1.29 is 4.74 Å². The Kier molecular flexibility index (Phi) is 6.16. The van der Waals surface area contributed by atoms with E-state index in [0.717, 1.165) is 21.0 Å². The van der Waals surface area contributed by atoms with E-state index in [0.29, 0.717) is 11.7 Å². The van der Waals surface area contributed by atoms with E-state index in [1.807, 2.05) is 6.07 Å². The van der Waals surface area contributed by atoms with Gasteiger partial charge in [-0.25, -0.2) is 9.97 Å². The summed E-state index contributed by atoms with van der Waals surface area (Å²) >= 11 is 1.46. The smallest absolute Gasteiger partial charge is 0.229 e. The highest BCUT2D eigenvalue weighted by atomic mass is 32.2. The minimum atomic E-state index is -1.52. The molecule has 0 saturated carbocycles. The molecule has 6 nitrogen and oxygen atoms in total. The number of rotatable bonds is 4. The van der Waals surface area contributed by atoms with Crippen molar-refractivity contribution in [3.8, 4) is 17.3 Å². The fourth-order valence-corrected chi connectivity index (χ4v) is 3.65. The number of methoxy groups -OCH3 is 1. The summed E-state index contributed by atoms with van der Waals surface area (Å²) in [5.74, 6) is 4.51. The second kappa shape index (κ2) is 7.97. The van der Waals surface area contributed by atoms with Crippen LogP contribution in [0.25, 0.3) is 0 Å². The van der Waals surface area contributed by atoms with Crippen molar-refractivity contribution >= 4 is 31.6 Å². The molecule has 8 heteroatoms. The lowest BCUT2D eigenvalue weighted by atomic mass is 10.1. The summed E-state index contributed by atoms with van der Waals surface area (Å²) in [5.41, 5.74) is 16.6. The molecule has 0 amide bonds. The summed E-state index contributed by atoms with van der Waals surface area (Å²) in [4.78, 5) is 14.4. The normalized spacial score (nSPS) is 11.2. The van der Waals surface area contributed by atoms with E-state index in [1.165, 1.54) is 11.8 Å². The standard InChI is InChI=1S/C18H25N5OSSi/c1-11(2)15-13(25-14-10-21-18(20)23-16(14)19)9-12(17(22-15)24-3)7-8-26(4,5)6/h9-11H,1-6H3,(H4,19,20,21,23). The maximum absolute atomic E-state index is 5.99. The molecular weight excluding hydrogens is 362 g/mol. The van der Waals surface area contributed by atoms with Gasteiger partial charge in [0.1, 0.15) is 13.9 Å². The third-order valence-corrected chi connectivity index (χ3v) is 5.27. The predicted molar refractivity (Wildman–Crippen MR) is 110 cm³/mol. The molecule has 138 valence electrons. The molecule has 0 aromatic carbocycles. The third kappa shape index (κ3) is 5.13. The van der Waals surface area contributed by atoms with Crippen molar-refractivity contribution in [1.29, 1.82) is 0 Å². The fourth-order valence-electron chi connectivity index (χ4n) is 2.08. The average Bonchev–Trinajstić information content (AvgIpc) is 2.54. The van der Waals surface area contributed by atoms with Crippen LogP contribution >= 0.6 is 11.8 Å². The molecule has 0 aliphatic rings. The van der Waals surface area contributed by atoms with Crippen LogP contribution < -0.4 is 16.2 Å². The molecule has 2 rings (SSSR count). The highest BCUT2D eigenvalue weighted by Crippen LogP contribution is 2.37. The van der Waals surface area contributed by atoms with E-state index < -0.39 is 8.07 Å². The largest absolute Gasteiger partial charge is 0.480 e. The van der Waals surface area contributed by atoms with Crippen molar-refractivity contribution in [1.82, 2.24) is 15.0 Å². The number of aromatic nitrogens is 3. The van der Waals surface area contributed by atoms with Gasteiger partial charge < -0.3 is 16.2 Å². The topological polar surface area (TPSA) is 99.9 Å². The van der Waals surface area contributed by atoms with Crippen LogP contribution in [0.1, 0.15) is 31.0 Å². The predicted octanol–water partition coefficient (Wildman–Crippen LogP) is 3.55. The lowest BCUT2D eigenvalue weighted by Gasteiger charge is -2.15. The highest BCUT2D eigenvalue weighted by Gasteiger charge is 2.17. The Morgan fingerprint density at radius 2 is 1.85 bits per heavy atom. The van der Waals surface area contributed by atoms with Gasteiger partial charge in [-0.2, -0.15) is 4.98 Å². The Hall–Kier alpha value is -2.24. The first-order valence-electron chi connectivity index (χ1n) is 8.28. The average molecular weight is 388 g/mol. The van der Waals surface area contributed by atoms with Gasteiger partial charge >= 0.3 is 0 Å². The molecular formula is C18H25N5OSSi. The molecule has 0 aliphatic carbocycles. The van der Waals surface area contributed by atoms with Crippen molar-refractivity contribution in [2.24, 2.45) is 0 Å². The van der Waals surface area contributed by atoms with Gasteiger partial charge in [0.25, 0.3) is 0 Å². The number of ether oxygens (including phenoxy) is 1. The first-order valence-corrected chi connectivity index (χ1v) is 12.6. The van der Waals surface area contributed by atoms with E-state index in [-0.39, 0.29) is 11.9 Å². The molecule has 0 fully saturated rings. The molecule has 0 radical (unpaired) electrons. The van der Waals surface area contributed by atoms with Crippen LogP contribution in [0.2, 0.25) is 19.6 Å². The van der Waals surface area contributed by atoms with E-state index in [2.05, 4.69) is 54.9 Å². The van der Waals surface area contributed by atoms with Gasteiger partial charge in [0.2, 0.25) is 11.8 Å². The lowest BCUT2D eigenvalue weighted by Crippen LogP contribution is -2.16. The first-order chi connectivity index (χ1) is 12.1. The van der Waals surface area contributed by atoms with Gasteiger partial charge in [0.05, 0.1) is 23.3 Å². The molecule has 0 bridgehead atoms. The monoisotopic (exact) mass is 387 g/mol. The molecule has 0 saturated heterocycles. The summed E-state index contributed by atoms with van der Waals surface area (Å²) in [6, 6.07) is 2.01. The third-order valence-electron chi connectivity index (χ3n) is 3.31. The second-order valence-electron chi connectivity index (χ2n) is 7.16. The molecule has 2 heterocycles. The quantitative estimate of drug-likeness (QED) is 0.611. The van der Waals surface area contributed by atoms with E-state index in [9.17, 15) is 0 Å². The van der Waals surface area contributed by atoms with Gasteiger partial charge in [0.15, 0.2) is 0 Å². The Labute approximate surface area is 160 Å². The molecule has 2 aromatic heterocycles. The number of anilines is 2. The molecule has 0 spiro atoms.